The van der Waals surface area contributed by atoms with Crippen LogP contribution < -0.4 is 10.1 Å². The van der Waals surface area contributed by atoms with Gasteiger partial charge in [-0.15, -0.1) is 0 Å². The van der Waals surface area contributed by atoms with Crippen molar-refractivity contribution in [3.63, 3.8) is 0 Å². The van der Waals surface area contributed by atoms with Crippen LogP contribution in [0.5, 0.6) is 5.88 Å². The van der Waals surface area contributed by atoms with E-state index in [2.05, 4.69) is 46.5 Å². The summed E-state index contributed by atoms with van der Waals surface area (Å²) in [5.41, 5.74) is 2.19. The van der Waals surface area contributed by atoms with Crippen LogP contribution in [-0.4, -0.2) is 22.6 Å². The van der Waals surface area contributed by atoms with E-state index in [4.69, 9.17) is 4.74 Å². The van der Waals surface area contributed by atoms with Gasteiger partial charge in [0.1, 0.15) is 0 Å². The van der Waals surface area contributed by atoms with Crippen LogP contribution in [0.4, 0.5) is 0 Å². The number of likely N-dealkylation sites (N-methyl/N-ethyl adjacent to an activating group) is 1. The first-order chi connectivity index (χ1) is 10.2. The summed E-state index contributed by atoms with van der Waals surface area (Å²) >= 11 is 0. The minimum absolute atomic E-state index is 0.105. The summed E-state index contributed by atoms with van der Waals surface area (Å²) in [4.78, 5) is 8.76. The van der Waals surface area contributed by atoms with Crippen molar-refractivity contribution in [3.8, 4) is 5.88 Å². The molecule has 0 aliphatic rings. The Morgan fingerprint density at radius 2 is 1.90 bits per heavy atom. The molecule has 1 heterocycles. The van der Waals surface area contributed by atoms with Gasteiger partial charge in [-0.25, -0.2) is 4.98 Å². The Morgan fingerprint density at radius 1 is 1.14 bits per heavy atom. The summed E-state index contributed by atoms with van der Waals surface area (Å²) in [5.74, 6) is 0.589. The van der Waals surface area contributed by atoms with Gasteiger partial charge in [-0.3, -0.25) is 4.98 Å². The smallest absolute Gasteiger partial charge is 0.232 e. The first-order valence-corrected chi connectivity index (χ1v) is 7.45. The zero-order valence-corrected chi connectivity index (χ0v) is 12.9. The molecule has 1 aromatic carbocycles. The fraction of sp³-hybridized carbons (Fsp3) is 0.412. The molecule has 1 unspecified atom stereocenters. The Labute approximate surface area is 126 Å². The predicted octanol–water partition coefficient (Wildman–Crippen LogP) is 3.16. The monoisotopic (exact) mass is 285 g/mol. The minimum atomic E-state index is 0.105. The summed E-state index contributed by atoms with van der Waals surface area (Å²) in [7, 11) is 0. The molecule has 4 nitrogen and oxygen atoms in total. The summed E-state index contributed by atoms with van der Waals surface area (Å²) in [6.07, 6.45) is 4.36. The normalized spacial score (nSPS) is 12.4. The maximum atomic E-state index is 5.61. The molecule has 0 amide bonds. The van der Waals surface area contributed by atoms with Gasteiger partial charge in [0.25, 0.3) is 0 Å². The third-order valence-corrected chi connectivity index (χ3v) is 3.08. The fourth-order valence-corrected chi connectivity index (χ4v) is 2.23. The number of nitrogens with one attached hydrogen (secondary N) is 1. The second-order valence-corrected chi connectivity index (χ2v) is 5.24. The molecular weight excluding hydrogens is 262 g/mol. The molecule has 0 aliphatic carbocycles. The van der Waals surface area contributed by atoms with E-state index in [1.54, 1.807) is 12.4 Å². The minimum Gasteiger partial charge on any atom is -0.474 e. The molecule has 2 rings (SSSR count). The molecule has 112 valence electrons. The van der Waals surface area contributed by atoms with E-state index in [-0.39, 0.29) is 12.1 Å². The van der Waals surface area contributed by atoms with Crippen molar-refractivity contribution in [2.24, 2.45) is 0 Å². The molecule has 1 atom stereocenters. The number of ether oxygens (including phenoxy) is 1. The Kier molecular flexibility index (Phi) is 5.69. The second kappa shape index (κ2) is 7.74. The highest BCUT2D eigenvalue weighted by Crippen LogP contribution is 2.18. The molecule has 1 N–H and O–H groups in total. The highest BCUT2D eigenvalue weighted by molar-refractivity contribution is 5.21. The highest BCUT2D eigenvalue weighted by Gasteiger charge is 2.12. The van der Waals surface area contributed by atoms with Gasteiger partial charge in [-0.1, -0.05) is 37.3 Å². The molecule has 0 radical (unpaired) electrons. The Bertz CT molecular complexity index is 543. The molecule has 0 spiro atoms. The molecule has 0 aliphatic heterocycles. The number of hydrogen-bond acceptors (Lipinski definition) is 4. The summed E-state index contributed by atoms with van der Waals surface area (Å²) in [5, 5.41) is 3.50. The van der Waals surface area contributed by atoms with Gasteiger partial charge in [-0.2, -0.15) is 0 Å². The largest absolute Gasteiger partial charge is 0.474 e. The van der Waals surface area contributed by atoms with Crippen LogP contribution >= 0.6 is 0 Å². The lowest BCUT2D eigenvalue weighted by atomic mass is 10.0. The van der Waals surface area contributed by atoms with E-state index in [0.29, 0.717) is 5.88 Å². The fourth-order valence-electron chi connectivity index (χ4n) is 2.23. The third kappa shape index (κ3) is 4.83. The highest BCUT2D eigenvalue weighted by atomic mass is 16.5. The van der Waals surface area contributed by atoms with Gasteiger partial charge < -0.3 is 10.1 Å². The van der Waals surface area contributed by atoms with E-state index in [0.717, 1.165) is 18.7 Å². The van der Waals surface area contributed by atoms with Gasteiger partial charge >= 0.3 is 0 Å². The molecule has 0 saturated carbocycles. The second-order valence-electron chi connectivity index (χ2n) is 5.24. The quantitative estimate of drug-likeness (QED) is 0.849. The Balaban J connectivity index is 2.13. The lowest BCUT2D eigenvalue weighted by Gasteiger charge is -2.18. The van der Waals surface area contributed by atoms with Crippen LogP contribution in [0.3, 0.4) is 0 Å². The number of nitrogens with zero attached hydrogens (tertiary/aromatic N) is 2. The van der Waals surface area contributed by atoms with E-state index < -0.39 is 0 Å². The zero-order chi connectivity index (χ0) is 15.1. The van der Waals surface area contributed by atoms with E-state index in [1.807, 2.05) is 19.9 Å². The predicted molar refractivity (Wildman–Crippen MR) is 84.4 cm³/mol. The number of rotatable bonds is 7. The summed E-state index contributed by atoms with van der Waals surface area (Å²) < 4.78 is 5.61. The van der Waals surface area contributed by atoms with Gasteiger partial charge in [0.15, 0.2) is 0 Å². The van der Waals surface area contributed by atoms with E-state index in [9.17, 15) is 0 Å². The lowest BCUT2D eigenvalue weighted by Crippen LogP contribution is -2.23. The molecule has 4 heteroatoms. The van der Waals surface area contributed by atoms with E-state index in [1.165, 1.54) is 5.56 Å². The summed E-state index contributed by atoms with van der Waals surface area (Å²) in [6.45, 7) is 6.99. The first kappa shape index (κ1) is 15.4. The average Bonchev–Trinajstić information content (AvgIpc) is 2.47. The molecule has 21 heavy (non-hydrogen) atoms. The Morgan fingerprint density at radius 3 is 2.57 bits per heavy atom. The van der Waals surface area contributed by atoms with Crippen LogP contribution in [0.1, 0.15) is 38.1 Å². The number of aromatic nitrogens is 2. The SMILES string of the molecule is CCNC(Cc1cncc(OC(C)C)n1)c1ccccc1. The van der Waals surface area contributed by atoms with Crippen molar-refractivity contribution in [3.05, 3.63) is 54.0 Å². The van der Waals surface area contributed by atoms with Crippen LogP contribution in [-0.2, 0) is 6.42 Å². The maximum Gasteiger partial charge on any atom is 0.232 e. The maximum absolute atomic E-state index is 5.61. The van der Waals surface area contributed by atoms with Gasteiger partial charge in [0, 0.05) is 18.7 Å². The van der Waals surface area contributed by atoms with Gasteiger partial charge in [-0.05, 0) is 26.0 Å². The molecule has 0 fully saturated rings. The molecule has 0 saturated heterocycles. The van der Waals surface area contributed by atoms with Crippen molar-refractivity contribution >= 4 is 0 Å². The lowest BCUT2D eigenvalue weighted by molar-refractivity contribution is 0.230. The van der Waals surface area contributed by atoms with Crippen molar-refractivity contribution in [1.29, 1.82) is 0 Å². The molecule has 2 aromatic rings. The molecular formula is C17H23N3O. The third-order valence-electron chi connectivity index (χ3n) is 3.08. The van der Waals surface area contributed by atoms with Crippen LogP contribution in [0.25, 0.3) is 0 Å². The van der Waals surface area contributed by atoms with E-state index >= 15 is 0 Å². The number of hydrogen-bond donors (Lipinski definition) is 1. The van der Waals surface area contributed by atoms with Gasteiger partial charge in [0.05, 0.1) is 18.0 Å². The summed E-state index contributed by atoms with van der Waals surface area (Å²) in [6, 6.07) is 10.7. The zero-order valence-electron chi connectivity index (χ0n) is 12.9. The standard InChI is InChI=1S/C17H23N3O/c1-4-19-16(14-8-6-5-7-9-14)10-15-11-18-12-17(20-15)21-13(2)3/h5-9,11-13,16,19H,4,10H2,1-3H3. The molecule has 1 aromatic heterocycles. The topological polar surface area (TPSA) is 47.0 Å². The van der Waals surface area contributed by atoms with Crippen LogP contribution in [0.15, 0.2) is 42.7 Å². The van der Waals surface area contributed by atoms with Crippen molar-refractivity contribution in [2.45, 2.75) is 39.3 Å². The average molecular weight is 285 g/mol. The van der Waals surface area contributed by atoms with Crippen molar-refractivity contribution < 1.29 is 4.74 Å². The Hall–Kier alpha value is -1.94. The van der Waals surface area contributed by atoms with Gasteiger partial charge in [0.2, 0.25) is 5.88 Å². The van der Waals surface area contributed by atoms with Crippen molar-refractivity contribution in [2.75, 3.05) is 6.54 Å². The number of benzene rings is 1. The van der Waals surface area contributed by atoms with Crippen molar-refractivity contribution in [1.82, 2.24) is 15.3 Å². The van der Waals surface area contributed by atoms with Crippen LogP contribution in [0.2, 0.25) is 0 Å². The van der Waals surface area contributed by atoms with Crippen LogP contribution in [0, 0.1) is 0 Å². The first-order valence-electron chi connectivity index (χ1n) is 7.45. The molecule has 0 bridgehead atoms.